The third-order valence-electron chi connectivity index (χ3n) is 3.53. The van der Waals surface area contributed by atoms with Crippen LogP contribution in [0.3, 0.4) is 0 Å². The molecule has 8 heteroatoms. The lowest BCUT2D eigenvalue weighted by molar-refractivity contribution is -0.129. The average molecular weight is 318 g/mol. The van der Waals surface area contributed by atoms with Crippen molar-refractivity contribution in [2.24, 2.45) is 0 Å². The number of sulfonamides is 1. The van der Waals surface area contributed by atoms with Crippen LogP contribution in [-0.4, -0.2) is 38.6 Å². The van der Waals surface area contributed by atoms with Gasteiger partial charge in [0.2, 0.25) is 15.9 Å². The molecule has 1 fully saturated rings. The molecule has 21 heavy (non-hydrogen) atoms. The van der Waals surface area contributed by atoms with Gasteiger partial charge < -0.3 is 4.90 Å². The molecule has 0 saturated carbocycles. The monoisotopic (exact) mass is 318 g/mol. The molecule has 1 aromatic carbocycles. The number of hydrogen-bond acceptors (Lipinski definition) is 3. The second-order valence-corrected chi connectivity index (χ2v) is 6.81. The van der Waals surface area contributed by atoms with Gasteiger partial charge in [0.05, 0.1) is 6.04 Å². The first-order valence-corrected chi connectivity index (χ1v) is 8.15. The van der Waals surface area contributed by atoms with Gasteiger partial charge in [-0.1, -0.05) is 6.07 Å². The Balaban J connectivity index is 2.20. The normalized spacial score (nSPS) is 19.0. The Morgan fingerprint density at radius 3 is 2.71 bits per heavy atom. The van der Waals surface area contributed by atoms with Crippen LogP contribution in [0.5, 0.6) is 0 Å². The van der Waals surface area contributed by atoms with Crippen molar-refractivity contribution in [3.63, 3.8) is 0 Å². The zero-order chi connectivity index (χ0) is 15.6. The molecule has 2 rings (SSSR count). The Morgan fingerprint density at radius 1 is 1.38 bits per heavy atom. The molecule has 0 radical (unpaired) electrons. The number of carbonyl (C=O) groups is 1. The highest BCUT2D eigenvalue weighted by molar-refractivity contribution is 7.90. The highest BCUT2D eigenvalue weighted by Crippen LogP contribution is 2.32. The van der Waals surface area contributed by atoms with Gasteiger partial charge in [-0.2, -0.15) is 0 Å². The van der Waals surface area contributed by atoms with Gasteiger partial charge in [0.1, 0.15) is 5.75 Å². The van der Waals surface area contributed by atoms with Gasteiger partial charge in [0.25, 0.3) is 0 Å². The summed E-state index contributed by atoms with van der Waals surface area (Å²) < 4.78 is 51.2. The number of halogens is 2. The van der Waals surface area contributed by atoms with Gasteiger partial charge in [-0.15, -0.1) is 0 Å². The highest BCUT2D eigenvalue weighted by Gasteiger charge is 2.32. The van der Waals surface area contributed by atoms with E-state index in [0.29, 0.717) is 24.9 Å². The van der Waals surface area contributed by atoms with Crippen molar-refractivity contribution < 1.29 is 22.0 Å². The van der Waals surface area contributed by atoms with Gasteiger partial charge in [-0.3, -0.25) is 4.79 Å². The molecule has 0 aliphatic carbocycles. The Hall–Kier alpha value is -1.54. The standard InChI is InChI=1S/C13H16F2N2O3S/c1-16-21(19,20)8-13(18)17-6-2-3-12(17)9-4-5-10(14)11(15)7-9/h4-5,7,12,16H,2-3,6,8H2,1H3/t12-/m0/s1. The summed E-state index contributed by atoms with van der Waals surface area (Å²) in [5.41, 5.74) is 0.474. The number of benzene rings is 1. The molecule has 116 valence electrons. The largest absolute Gasteiger partial charge is 0.335 e. The maximum absolute atomic E-state index is 13.3. The zero-order valence-corrected chi connectivity index (χ0v) is 12.3. The third-order valence-corrected chi connectivity index (χ3v) is 4.78. The molecule has 0 unspecified atom stereocenters. The minimum absolute atomic E-state index is 0.404. The number of likely N-dealkylation sites (tertiary alicyclic amines) is 1. The van der Waals surface area contributed by atoms with E-state index in [9.17, 15) is 22.0 Å². The Morgan fingerprint density at radius 2 is 2.10 bits per heavy atom. The smallest absolute Gasteiger partial charge is 0.239 e. The van der Waals surface area contributed by atoms with E-state index >= 15 is 0 Å². The van der Waals surface area contributed by atoms with Crippen LogP contribution in [-0.2, 0) is 14.8 Å². The summed E-state index contributed by atoms with van der Waals surface area (Å²) in [5, 5.41) is 0. The molecule has 1 atom stereocenters. The number of rotatable bonds is 4. The first-order valence-electron chi connectivity index (χ1n) is 6.49. The second kappa shape index (κ2) is 6.07. The van der Waals surface area contributed by atoms with Crippen molar-refractivity contribution in [2.75, 3.05) is 19.3 Å². The predicted octanol–water partition coefficient (Wildman–Crippen LogP) is 1.18. The van der Waals surface area contributed by atoms with Crippen LogP contribution in [0, 0.1) is 11.6 Å². The fourth-order valence-corrected chi connectivity index (χ4v) is 3.08. The number of amides is 1. The third kappa shape index (κ3) is 3.56. The quantitative estimate of drug-likeness (QED) is 0.906. The number of nitrogens with one attached hydrogen (secondary N) is 1. The molecule has 1 saturated heterocycles. The summed E-state index contributed by atoms with van der Waals surface area (Å²) in [7, 11) is -2.42. The predicted molar refractivity (Wildman–Crippen MR) is 72.9 cm³/mol. The molecule has 1 N–H and O–H groups in total. The molecule has 1 amide bonds. The second-order valence-electron chi connectivity index (χ2n) is 4.88. The zero-order valence-electron chi connectivity index (χ0n) is 11.5. The molecular weight excluding hydrogens is 302 g/mol. The Bertz CT molecular complexity index is 649. The van der Waals surface area contributed by atoms with Crippen LogP contribution in [0.15, 0.2) is 18.2 Å². The van der Waals surface area contributed by atoms with Crippen molar-refractivity contribution in [3.8, 4) is 0 Å². The SMILES string of the molecule is CNS(=O)(=O)CC(=O)N1CCC[C@H]1c1ccc(F)c(F)c1. The van der Waals surface area contributed by atoms with Crippen molar-refractivity contribution >= 4 is 15.9 Å². The van der Waals surface area contributed by atoms with E-state index in [1.165, 1.54) is 18.0 Å². The number of carbonyl (C=O) groups excluding carboxylic acids is 1. The maximum Gasteiger partial charge on any atom is 0.239 e. The van der Waals surface area contributed by atoms with E-state index < -0.39 is 39.4 Å². The average Bonchev–Trinajstić information content (AvgIpc) is 2.91. The molecule has 1 aliphatic rings. The van der Waals surface area contributed by atoms with Gasteiger partial charge in [0, 0.05) is 6.54 Å². The van der Waals surface area contributed by atoms with E-state index in [-0.39, 0.29) is 0 Å². The summed E-state index contributed by atoms with van der Waals surface area (Å²) in [5.74, 6) is -3.12. The van der Waals surface area contributed by atoms with Crippen molar-refractivity contribution in [1.82, 2.24) is 9.62 Å². The van der Waals surface area contributed by atoms with E-state index in [4.69, 9.17) is 0 Å². The van der Waals surface area contributed by atoms with Crippen molar-refractivity contribution in [2.45, 2.75) is 18.9 Å². The van der Waals surface area contributed by atoms with E-state index in [1.54, 1.807) is 0 Å². The van der Waals surface area contributed by atoms with Crippen LogP contribution in [0.4, 0.5) is 8.78 Å². The summed E-state index contributed by atoms with van der Waals surface area (Å²) in [6.07, 6.45) is 1.28. The molecule has 1 aliphatic heterocycles. The van der Waals surface area contributed by atoms with Gasteiger partial charge in [0.15, 0.2) is 11.6 Å². The number of nitrogens with zero attached hydrogens (tertiary/aromatic N) is 1. The fraction of sp³-hybridized carbons (Fsp3) is 0.462. The minimum Gasteiger partial charge on any atom is -0.335 e. The Kier molecular flexibility index (Phi) is 4.58. The first kappa shape index (κ1) is 15.8. The van der Waals surface area contributed by atoms with E-state index in [1.807, 2.05) is 0 Å². The first-order chi connectivity index (χ1) is 9.84. The van der Waals surface area contributed by atoms with E-state index in [0.717, 1.165) is 12.1 Å². The maximum atomic E-state index is 13.3. The lowest BCUT2D eigenvalue weighted by Gasteiger charge is -2.25. The summed E-state index contributed by atoms with van der Waals surface area (Å²) in [6.45, 7) is 0.404. The molecule has 1 aromatic rings. The van der Waals surface area contributed by atoms with Crippen LogP contribution < -0.4 is 4.72 Å². The van der Waals surface area contributed by atoms with Crippen LogP contribution in [0.1, 0.15) is 24.4 Å². The highest BCUT2D eigenvalue weighted by atomic mass is 32.2. The van der Waals surface area contributed by atoms with Crippen LogP contribution in [0.2, 0.25) is 0 Å². The molecule has 0 bridgehead atoms. The van der Waals surface area contributed by atoms with Crippen molar-refractivity contribution in [1.29, 1.82) is 0 Å². The molecule has 0 spiro atoms. The molecule has 5 nitrogen and oxygen atoms in total. The summed E-state index contributed by atoms with van der Waals surface area (Å²) in [4.78, 5) is 13.5. The molecule has 0 aromatic heterocycles. The lowest BCUT2D eigenvalue weighted by atomic mass is 10.0. The van der Waals surface area contributed by atoms with Gasteiger partial charge in [-0.25, -0.2) is 21.9 Å². The van der Waals surface area contributed by atoms with Crippen LogP contribution >= 0.6 is 0 Å². The van der Waals surface area contributed by atoms with Crippen molar-refractivity contribution in [3.05, 3.63) is 35.4 Å². The lowest BCUT2D eigenvalue weighted by Crippen LogP contribution is -2.38. The molecule has 1 heterocycles. The Labute approximate surface area is 122 Å². The minimum atomic E-state index is -3.65. The van der Waals surface area contributed by atoms with Gasteiger partial charge >= 0.3 is 0 Å². The van der Waals surface area contributed by atoms with Crippen LogP contribution in [0.25, 0.3) is 0 Å². The topological polar surface area (TPSA) is 66.5 Å². The van der Waals surface area contributed by atoms with E-state index in [2.05, 4.69) is 4.72 Å². The summed E-state index contributed by atoms with van der Waals surface area (Å²) in [6, 6.07) is 3.06. The molecular formula is C13H16F2N2O3S. The number of hydrogen-bond donors (Lipinski definition) is 1. The summed E-state index contributed by atoms with van der Waals surface area (Å²) >= 11 is 0. The van der Waals surface area contributed by atoms with Gasteiger partial charge in [-0.05, 0) is 37.6 Å². The fourth-order valence-electron chi connectivity index (χ4n) is 2.45.